The maximum Gasteiger partial charge on any atom is 0.281 e. The lowest BCUT2D eigenvalue weighted by Crippen LogP contribution is -2.65. The number of oxazole rings is 1. The molecule has 298 valence electrons. The fourth-order valence-corrected chi connectivity index (χ4v) is 5.30. The maximum atomic E-state index is 13.8. The van der Waals surface area contributed by atoms with E-state index >= 15 is 0 Å². The Morgan fingerprint density at radius 1 is 1.02 bits per heavy atom. The summed E-state index contributed by atoms with van der Waals surface area (Å²) in [5.41, 5.74) is -2.71. The zero-order valence-corrected chi connectivity index (χ0v) is 32.5. The van der Waals surface area contributed by atoms with Crippen LogP contribution in [0, 0.1) is 5.41 Å². The highest BCUT2D eigenvalue weighted by Crippen LogP contribution is 2.35. The highest BCUT2D eigenvalue weighted by atomic mass is 16.8. The molecule has 5 unspecified atom stereocenters. The van der Waals surface area contributed by atoms with Crippen molar-refractivity contribution in [1.82, 2.24) is 20.3 Å². The lowest BCUT2D eigenvalue weighted by molar-refractivity contribution is -0.271. The van der Waals surface area contributed by atoms with Gasteiger partial charge in [-0.2, -0.15) is 5.06 Å². The van der Waals surface area contributed by atoms with Gasteiger partial charge in [0.05, 0.1) is 23.8 Å². The van der Waals surface area contributed by atoms with E-state index in [1.54, 1.807) is 76.4 Å². The highest BCUT2D eigenvalue weighted by Gasteiger charge is 2.59. The molecule has 3 amide bonds. The first kappa shape index (κ1) is 45.7. The fraction of sp³-hybridized carbons (Fsp3) is 0.487. The van der Waals surface area contributed by atoms with E-state index in [0.29, 0.717) is 12.0 Å². The smallest absolute Gasteiger partial charge is 0.281 e. The molecule has 54 heavy (non-hydrogen) atoms. The van der Waals surface area contributed by atoms with Gasteiger partial charge in [0.25, 0.3) is 17.5 Å². The summed E-state index contributed by atoms with van der Waals surface area (Å²) in [7, 11) is 4.03. The Hall–Kier alpha value is -4.48. The van der Waals surface area contributed by atoms with Crippen LogP contribution >= 0.6 is 0 Å². The molecule has 2 rings (SSSR count). The predicted molar refractivity (Wildman–Crippen MR) is 200 cm³/mol. The van der Waals surface area contributed by atoms with Crippen LogP contribution in [-0.2, 0) is 39.8 Å². The van der Waals surface area contributed by atoms with E-state index in [9.17, 15) is 29.8 Å². The number of amides is 3. The summed E-state index contributed by atoms with van der Waals surface area (Å²) in [6.45, 7) is 9.54. The molecule has 1 fully saturated rings. The molecule has 0 aromatic carbocycles. The van der Waals surface area contributed by atoms with E-state index in [1.807, 2.05) is 18.2 Å². The minimum Gasteiger partial charge on any atom is -0.448 e. The first-order chi connectivity index (χ1) is 25.4. The topological polar surface area (TPSA) is 193 Å². The third-order valence-corrected chi connectivity index (χ3v) is 8.60. The third kappa shape index (κ3) is 12.8. The van der Waals surface area contributed by atoms with Crippen molar-refractivity contribution in [2.45, 2.75) is 84.0 Å². The van der Waals surface area contributed by atoms with Gasteiger partial charge in [-0.15, -0.1) is 0 Å². The second-order valence-corrected chi connectivity index (χ2v) is 13.5. The molecule has 1 saturated heterocycles. The molecule has 0 aliphatic carbocycles. The van der Waals surface area contributed by atoms with Crippen LogP contribution < -0.4 is 5.32 Å². The molecule has 1 aromatic heterocycles. The number of likely N-dealkylation sites (N-methyl/N-ethyl adjacent to an activating group) is 1. The number of nitrogens with zero attached hydrogens (tertiary/aromatic N) is 3. The van der Waals surface area contributed by atoms with Crippen LogP contribution in [0.2, 0.25) is 0 Å². The van der Waals surface area contributed by atoms with E-state index in [2.05, 4.69) is 10.3 Å². The number of hydroxylamine groups is 2. The largest absolute Gasteiger partial charge is 0.448 e. The van der Waals surface area contributed by atoms with Crippen LogP contribution in [0.5, 0.6) is 0 Å². The lowest BCUT2D eigenvalue weighted by Gasteiger charge is -2.41. The van der Waals surface area contributed by atoms with Crippen LogP contribution in [0.1, 0.15) is 47.3 Å². The Bertz CT molecular complexity index is 1570. The van der Waals surface area contributed by atoms with E-state index in [4.69, 9.17) is 23.4 Å². The number of hydrogen-bond donors (Lipinski definition) is 4. The number of allylic oxidation sites excluding steroid dienone is 11. The van der Waals surface area contributed by atoms with Crippen molar-refractivity contribution in [3.8, 4) is 0 Å². The molecule has 1 aliphatic rings. The molecular formula is C39H56N4O11. The van der Waals surface area contributed by atoms with Gasteiger partial charge in [-0.25, -0.2) is 4.98 Å². The van der Waals surface area contributed by atoms with Crippen LogP contribution in [0.3, 0.4) is 0 Å². The Morgan fingerprint density at radius 3 is 2.24 bits per heavy atom. The molecule has 2 heterocycles. The Morgan fingerprint density at radius 2 is 1.65 bits per heavy atom. The molecule has 1 aromatic rings. The molecule has 0 radical (unpaired) electrons. The van der Waals surface area contributed by atoms with Gasteiger partial charge in [-0.05, 0) is 47.1 Å². The normalized spacial score (nSPS) is 20.5. The van der Waals surface area contributed by atoms with Gasteiger partial charge < -0.3 is 43.8 Å². The van der Waals surface area contributed by atoms with Crippen molar-refractivity contribution in [2.24, 2.45) is 5.41 Å². The molecule has 4 N–H and O–H groups in total. The number of aliphatic hydroxyl groups excluding tert-OH is 2. The maximum absolute atomic E-state index is 13.8. The summed E-state index contributed by atoms with van der Waals surface area (Å²) in [4.78, 5) is 44.6. The quantitative estimate of drug-likeness (QED) is 0.0498. The van der Waals surface area contributed by atoms with Crippen molar-refractivity contribution >= 4 is 17.7 Å². The summed E-state index contributed by atoms with van der Waals surface area (Å²) in [6, 6.07) is -1.02. The molecule has 1 aliphatic heterocycles. The number of methoxy groups -OCH3 is 2. The molecule has 0 spiro atoms. The Kier molecular flexibility index (Phi) is 18.1. The summed E-state index contributed by atoms with van der Waals surface area (Å²) >= 11 is 0. The van der Waals surface area contributed by atoms with Gasteiger partial charge in [0.2, 0.25) is 5.91 Å². The number of aliphatic hydroxyl groups is 2. The van der Waals surface area contributed by atoms with Gasteiger partial charge in [-0.1, -0.05) is 72.9 Å². The summed E-state index contributed by atoms with van der Waals surface area (Å²) < 4.78 is 26.9. The zero-order chi connectivity index (χ0) is 40.5. The van der Waals surface area contributed by atoms with Crippen molar-refractivity contribution < 1.29 is 53.2 Å². The fourth-order valence-electron chi connectivity index (χ4n) is 5.30. The standard InChI is InChI=1S/C39H56N4O11/c1-28(21-17-14-15-18-22-30-25-40-27-52-30)33(45)37(3,4)35(47)41-24-20-16-12-10-11-13-19-23-31(44)43(49)39(26-53-38(5,6)54-39)36(48)42(7)32(29(2)50-8)34(46)51-9/h10-21,23,25,27,29,32-34,45-46,49H,22,24,26H2,1-9H3,(H,41,47)/b12-10+,13-11+,17-14-,18-15+,20-16-,23-19+,28-21-. The number of ether oxygens (including phenoxy) is 4. The minimum atomic E-state index is -2.26. The zero-order valence-electron chi connectivity index (χ0n) is 32.5. The average Bonchev–Trinajstić information content (AvgIpc) is 3.79. The van der Waals surface area contributed by atoms with Gasteiger partial charge in [0, 0.05) is 40.3 Å². The second-order valence-electron chi connectivity index (χ2n) is 13.5. The predicted octanol–water partition coefficient (Wildman–Crippen LogP) is 3.53. The van der Waals surface area contributed by atoms with Crippen molar-refractivity contribution in [3.05, 3.63) is 103 Å². The molecule has 15 nitrogen and oxygen atoms in total. The molecule has 5 atom stereocenters. The van der Waals surface area contributed by atoms with Gasteiger partial charge in [-0.3, -0.25) is 19.6 Å². The summed E-state index contributed by atoms with van der Waals surface area (Å²) in [5, 5.41) is 35.2. The second kappa shape index (κ2) is 21.4. The van der Waals surface area contributed by atoms with Crippen molar-refractivity contribution in [1.29, 1.82) is 0 Å². The van der Waals surface area contributed by atoms with Crippen molar-refractivity contribution in [3.63, 3.8) is 0 Å². The van der Waals surface area contributed by atoms with Crippen molar-refractivity contribution in [2.75, 3.05) is 34.4 Å². The molecular weight excluding hydrogens is 700 g/mol. The number of nitrogens with one attached hydrogen (secondary N) is 1. The van der Waals surface area contributed by atoms with Gasteiger partial charge in [0.15, 0.2) is 18.5 Å². The van der Waals surface area contributed by atoms with Crippen LogP contribution in [0.25, 0.3) is 0 Å². The molecule has 0 bridgehead atoms. The Balaban J connectivity index is 1.92. The first-order valence-corrected chi connectivity index (χ1v) is 17.3. The number of rotatable bonds is 20. The van der Waals surface area contributed by atoms with E-state index in [0.717, 1.165) is 16.7 Å². The lowest BCUT2D eigenvalue weighted by atomic mass is 9.81. The van der Waals surface area contributed by atoms with Crippen LogP contribution in [-0.4, -0.2) is 119 Å². The summed E-state index contributed by atoms with van der Waals surface area (Å²) in [6.07, 6.45) is 22.0. The number of carbonyl (C=O) groups is 3. The SMILES string of the molecule is COC(C)C(C(O)OC)N(C)C(=O)C1(N(O)C(=O)/C=C/C=C/C=C/C=C\CNC(=O)C(C)(C)C(O)\C(C)=C/C=C\C=C\Cc2cnco2)COC(C)(C)O1. The van der Waals surface area contributed by atoms with Gasteiger partial charge >= 0.3 is 0 Å². The molecule has 15 heteroatoms. The third-order valence-electron chi connectivity index (χ3n) is 8.60. The number of hydrogen-bond acceptors (Lipinski definition) is 12. The average molecular weight is 757 g/mol. The summed E-state index contributed by atoms with van der Waals surface area (Å²) in [5.74, 6) is -2.72. The number of aromatic nitrogens is 1. The Labute approximate surface area is 317 Å². The number of carbonyl (C=O) groups excluding carboxylic acids is 3. The van der Waals surface area contributed by atoms with E-state index < -0.39 is 59.9 Å². The van der Waals surface area contributed by atoms with Gasteiger partial charge in [0.1, 0.15) is 18.4 Å². The molecule has 0 saturated carbocycles. The van der Waals surface area contributed by atoms with E-state index in [-0.39, 0.29) is 17.5 Å². The van der Waals surface area contributed by atoms with Crippen LogP contribution in [0.15, 0.2) is 102 Å². The first-order valence-electron chi connectivity index (χ1n) is 17.3. The minimum absolute atomic E-state index is 0.170. The highest BCUT2D eigenvalue weighted by molar-refractivity contribution is 5.94. The monoisotopic (exact) mass is 756 g/mol. The van der Waals surface area contributed by atoms with Crippen LogP contribution in [0.4, 0.5) is 0 Å². The van der Waals surface area contributed by atoms with E-state index in [1.165, 1.54) is 53.7 Å².